The highest BCUT2D eigenvalue weighted by atomic mass is 16.3. The molecule has 0 unspecified atom stereocenters. The number of allylic oxidation sites excluding steroid dienone is 2. The standard InChI is InChI=1S/C11H19NO2/c1-2-12(8-5-9-13)11(14)10-6-3-4-7-10/h3-4,10,13H,2,5-9H2,1H3. The Labute approximate surface area is 85.4 Å². The lowest BCUT2D eigenvalue weighted by molar-refractivity contribution is -0.135. The number of nitrogens with zero attached hydrogens (tertiary/aromatic N) is 1. The van der Waals surface area contributed by atoms with Crippen molar-refractivity contribution in [3.63, 3.8) is 0 Å². The molecule has 80 valence electrons. The van der Waals surface area contributed by atoms with Gasteiger partial charge in [0.25, 0.3) is 0 Å². The van der Waals surface area contributed by atoms with E-state index in [2.05, 4.69) is 12.2 Å². The summed E-state index contributed by atoms with van der Waals surface area (Å²) in [6, 6.07) is 0. The molecule has 1 rings (SSSR count). The van der Waals surface area contributed by atoms with Crippen LogP contribution in [-0.4, -0.2) is 35.6 Å². The molecule has 3 nitrogen and oxygen atoms in total. The fourth-order valence-corrected chi connectivity index (χ4v) is 1.76. The fourth-order valence-electron chi connectivity index (χ4n) is 1.76. The van der Waals surface area contributed by atoms with Crippen molar-refractivity contribution in [1.29, 1.82) is 0 Å². The zero-order valence-electron chi connectivity index (χ0n) is 8.78. The van der Waals surface area contributed by atoms with Crippen molar-refractivity contribution in [2.75, 3.05) is 19.7 Å². The van der Waals surface area contributed by atoms with Crippen LogP contribution in [0.2, 0.25) is 0 Å². The predicted molar refractivity (Wildman–Crippen MR) is 55.8 cm³/mol. The summed E-state index contributed by atoms with van der Waals surface area (Å²) in [6.07, 6.45) is 6.59. The van der Waals surface area contributed by atoms with Crippen LogP contribution in [0.3, 0.4) is 0 Å². The van der Waals surface area contributed by atoms with Gasteiger partial charge in [0.1, 0.15) is 0 Å². The lowest BCUT2D eigenvalue weighted by Gasteiger charge is -2.23. The van der Waals surface area contributed by atoms with E-state index >= 15 is 0 Å². The molecule has 0 aliphatic heterocycles. The minimum atomic E-state index is 0.159. The maximum Gasteiger partial charge on any atom is 0.226 e. The third-order valence-electron chi connectivity index (χ3n) is 2.64. The highest BCUT2D eigenvalue weighted by Gasteiger charge is 2.23. The van der Waals surface area contributed by atoms with Gasteiger partial charge in [0.05, 0.1) is 0 Å². The van der Waals surface area contributed by atoms with Crippen LogP contribution < -0.4 is 0 Å². The van der Waals surface area contributed by atoms with Crippen molar-refractivity contribution in [3.8, 4) is 0 Å². The van der Waals surface area contributed by atoms with E-state index in [4.69, 9.17) is 5.11 Å². The van der Waals surface area contributed by atoms with Crippen LogP contribution in [0.25, 0.3) is 0 Å². The molecular formula is C11H19NO2. The Balaban J connectivity index is 2.38. The van der Waals surface area contributed by atoms with Crippen LogP contribution in [0.15, 0.2) is 12.2 Å². The molecular weight excluding hydrogens is 178 g/mol. The van der Waals surface area contributed by atoms with Crippen molar-refractivity contribution in [2.24, 2.45) is 5.92 Å². The number of carbonyl (C=O) groups excluding carboxylic acids is 1. The first-order valence-corrected chi connectivity index (χ1v) is 5.34. The summed E-state index contributed by atoms with van der Waals surface area (Å²) < 4.78 is 0. The quantitative estimate of drug-likeness (QED) is 0.672. The topological polar surface area (TPSA) is 40.5 Å². The fraction of sp³-hybridized carbons (Fsp3) is 0.727. The van der Waals surface area contributed by atoms with Gasteiger partial charge >= 0.3 is 0 Å². The van der Waals surface area contributed by atoms with Crippen LogP contribution >= 0.6 is 0 Å². The molecule has 0 bridgehead atoms. The molecule has 3 heteroatoms. The highest BCUT2D eigenvalue weighted by Crippen LogP contribution is 2.20. The second kappa shape index (κ2) is 5.81. The molecule has 1 amide bonds. The van der Waals surface area contributed by atoms with E-state index in [1.54, 1.807) is 0 Å². The van der Waals surface area contributed by atoms with Gasteiger partial charge in [-0.1, -0.05) is 12.2 Å². The Hall–Kier alpha value is -0.830. The Morgan fingerprint density at radius 1 is 1.50 bits per heavy atom. The predicted octanol–water partition coefficient (Wildman–Crippen LogP) is 1.18. The van der Waals surface area contributed by atoms with Crippen molar-refractivity contribution < 1.29 is 9.90 Å². The van der Waals surface area contributed by atoms with Gasteiger partial charge in [0.2, 0.25) is 5.91 Å². The summed E-state index contributed by atoms with van der Waals surface area (Å²) in [7, 11) is 0. The Kier molecular flexibility index (Phi) is 4.66. The van der Waals surface area contributed by atoms with Gasteiger partial charge in [0.15, 0.2) is 0 Å². The summed E-state index contributed by atoms with van der Waals surface area (Å²) in [4.78, 5) is 13.7. The second-order valence-corrected chi connectivity index (χ2v) is 3.63. The Morgan fingerprint density at radius 3 is 2.64 bits per heavy atom. The van der Waals surface area contributed by atoms with Gasteiger partial charge in [0, 0.05) is 25.6 Å². The molecule has 0 fully saturated rings. The minimum Gasteiger partial charge on any atom is -0.396 e. The smallest absolute Gasteiger partial charge is 0.226 e. The van der Waals surface area contributed by atoms with Crippen LogP contribution in [0.1, 0.15) is 26.2 Å². The molecule has 0 aromatic rings. The number of hydrogen-bond acceptors (Lipinski definition) is 2. The molecule has 0 atom stereocenters. The number of aliphatic hydroxyl groups is 1. The maximum absolute atomic E-state index is 11.9. The number of aliphatic hydroxyl groups excluding tert-OH is 1. The van der Waals surface area contributed by atoms with Gasteiger partial charge in [-0.2, -0.15) is 0 Å². The minimum absolute atomic E-state index is 0.159. The van der Waals surface area contributed by atoms with Crippen LogP contribution in [0.5, 0.6) is 0 Å². The van der Waals surface area contributed by atoms with E-state index in [-0.39, 0.29) is 18.4 Å². The maximum atomic E-state index is 11.9. The molecule has 0 aromatic carbocycles. The molecule has 0 heterocycles. The average molecular weight is 197 g/mol. The van der Waals surface area contributed by atoms with Gasteiger partial charge < -0.3 is 10.0 Å². The monoisotopic (exact) mass is 197 g/mol. The van der Waals surface area contributed by atoms with Crippen LogP contribution in [-0.2, 0) is 4.79 Å². The lowest BCUT2D eigenvalue weighted by Crippen LogP contribution is -2.36. The van der Waals surface area contributed by atoms with E-state index in [0.29, 0.717) is 13.0 Å². The zero-order valence-corrected chi connectivity index (χ0v) is 8.78. The van der Waals surface area contributed by atoms with Crippen LogP contribution in [0, 0.1) is 5.92 Å². The second-order valence-electron chi connectivity index (χ2n) is 3.63. The summed E-state index contributed by atoms with van der Waals surface area (Å²) in [5.41, 5.74) is 0. The van der Waals surface area contributed by atoms with Gasteiger partial charge in [-0.25, -0.2) is 0 Å². The average Bonchev–Trinajstić information content (AvgIpc) is 2.71. The van der Waals surface area contributed by atoms with E-state index in [9.17, 15) is 4.79 Å². The van der Waals surface area contributed by atoms with E-state index in [1.807, 2.05) is 11.8 Å². The van der Waals surface area contributed by atoms with Crippen molar-refractivity contribution >= 4 is 5.91 Å². The van der Waals surface area contributed by atoms with Crippen molar-refractivity contribution in [1.82, 2.24) is 4.90 Å². The summed E-state index contributed by atoms with van der Waals surface area (Å²) in [6.45, 7) is 3.57. The third-order valence-corrected chi connectivity index (χ3v) is 2.64. The Bertz CT molecular complexity index is 205. The van der Waals surface area contributed by atoms with E-state index < -0.39 is 0 Å². The highest BCUT2D eigenvalue weighted by molar-refractivity contribution is 5.79. The molecule has 0 saturated heterocycles. The molecule has 0 radical (unpaired) electrons. The first-order chi connectivity index (χ1) is 6.79. The molecule has 1 aliphatic carbocycles. The normalized spacial score (nSPS) is 16.1. The lowest BCUT2D eigenvalue weighted by atomic mass is 10.1. The van der Waals surface area contributed by atoms with E-state index in [1.165, 1.54) is 0 Å². The summed E-state index contributed by atoms with van der Waals surface area (Å²) in [5, 5.41) is 8.71. The molecule has 1 N–H and O–H groups in total. The first kappa shape index (κ1) is 11.2. The number of carbonyl (C=O) groups is 1. The zero-order chi connectivity index (χ0) is 10.4. The summed E-state index contributed by atoms with van der Waals surface area (Å²) in [5.74, 6) is 0.402. The molecule has 0 saturated carbocycles. The van der Waals surface area contributed by atoms with Gasteiger partial charge in [-0.15, -0.1) is 0 Å². The number of hydrogen-bond donors (Lipinski definition) is 1. The third kappa shape index (κ3) is 2.84. The van der Waals surface area contributed by atoms with Gasteiger partial charge in [-0.05, 0) is 26.2 Å². The molecule has 0 spiro atoms. The molecule has 1 aliphatic rings. The Morgan fingerprint density at radius 2 is 2.14 bits per heavy atom. The van der Waals surface area contributed by atoms with Crippen LogP contribution in [0.4, 0.5) is 0 Å². The van der Waals surface area contributed by atoms with Gasteiger partial charge in [-0.3, -0.25) is 4.79 Å². The SMILES string of the molecule is CCN(CCCO)C(=O)C1CC=CC1. The first-order valence-electron chi connectivity index (χ1n) is 5.34. The number of amides is 1. The van der Waals surface area contributed by atoms with Crippen molar-refractivity contribution in [3.05, 3.63) is 12.2 Å². The molecule has 0 aromatic heterocycles. The largest absolute Gasteiger partial charge is 0.396 e. The van der Waals surface area contributed by atoms with E-state index in [0.717, 1.165) is 19.4 Å². The summed E-state index contributed by atoms with van der Waals surface area (Å²) >= 11 is 0. The molecule has 14 heavy (non-hydrogen) atoms. The van der Waals surface area contributed by atoms with Crippen molar-refractivity contribution in [2.45, 2.75) is 26.2 Å². The number of rotatable bonds is 5.